The standard InChI is InChI=1S/C50H56N6O7/c1-34(37-11-7-4-8-12-37)10-6-5-9-27-52-50(62)63-40-24-29-56(30-25-40)31-26-47(60)55(3)43-32-38(16-13-35(43)2)49(61)53-39-17-14-36(15-18-39)23-28-51-33-45(58)41-19-21-44(57)48-42(41)20-22-46(59)54-48/h4-22,32,40,45,51,57-58H,1,23-31,33H2,2-3H3,(H,52,62)(H,53,61)(H,54,59)/b9-5-,10-6-/t45-/m0/s1. The van der Waals surface area contributed by atoms with Crippen LogP contribution in [0.5, 0.6) is 5.75 Å². The Morgan fingerprint density at radius 1 is 0.968 bits per heavy atom. The van der Waals surface area contributed by atoms with E-state index in [9.17, 15) is 29.4 Å². The number of nitrogens with one attached hydrogen (secondary N) is 4. The number of hydrogen-bond acceptors (Lipinski definition) is 9. The summed E-state index contributed by atoms with van der Waals surface area (Å²) < 4.78 is 5.63. The van der Waals surface area contributed by atoms with Crippen molar-refractivity contribution in [3.05, 3.63) is 166 Å². The average molecular weight is 853 g/mol. The van der Waals surface area contributed by atoms with Crippen molar-refractivity contribution in [2.24, 2.45) is 0 Å². The SMILES string of the molecule is C=C(/C=C\C=C/CNC(=O)OC1CCN(CCC(=O)N(C)c2cc(C(=O)Nc3ccc(CCNC[C@H](O)c4ccc(O)c5[nH]c(=O)ccc45)cc3)ccc2C)CC1)c1ccccc1. The van der Waals surface area contributed by atoms with Crippen molar-refractivity contribution < 1.29 is 29.3 Å². The molecule has 13 nitrogen and oxygen atoms in total. The highest BCUT2D eigenvalue weighted by molar-refractivity contribution is 6.05. The van der Waals surface area contributed by atoms with Crippen molar-refractivity contribution in [1.82, 2.24) is 20.5 Å². The number of nitrogens with zero attached hydrogens (tertiary/aromatic N) is 2. The number of H-pyrrole nitrogens is 1. The first-order chi connectivity index (χ1) is 30.4. The summed E-state index contributed by atoms with van der Waals surface area (Å²) in [6.07, 6.45) is 8.38. The van der Waals surface area contributed by atoms with Gasteiger partial charge in [0, 0.05) is 74.6 Å². The highest BCUT2D eigenvalue weighted by Gasteiger charge is 2.24. The van der Waals surface area contributed by atoms with Crippen molar-refractivity contribution in [3.8, 4) is 5.75 Å². The van der Waals surface area contributed by atoms with Gasteiger partial charge in [0.1, 0.15) is 11.9 Å². The molecule has 0 saturated carbocycles. The van der Waals surface area contributed by atoms with Gasteiger partial charge in [-0.2, -0.15) is 0 Å². The van der Waals surface area contributed by atoms with Crippen LogP contribution in [0.1, 0.15) is 58.0 Å². The van der Waals surface area contributed by atoms with Crippen molar-refractivity contribution in [1.29, 1.82) is 0 Å². The Bertz CT molecular complexity index is 2490. The first-order valence-corrected chi connectivity index (χ1v) is 21.2. The molecular weight excluding hydrogens is 797 g/mol. The lowest BCUT2D eigenvalue weighted by molar-refractivity contribution is -0.118. The number of anilines is 2. The fraction of sp³-hybridized carbons (Fsp3) is 0.280. The molecule has 1 atom stereocenters. The van der Waals surface area contributed by atoms with Gasteiger partial charge in [0.2, 0.25) is 11.5 Å². The molecule has 6 rings (SSSR count). The van der Waals surface area contributed by atoms with Gasteiger partial charge in [-0.25, -0.2) is 4.79 Å². The average Bonchev–Trinajstić information content (AvgIpc) is 3.29. The molecule has 0 spiro atoms. The van der Waals surface area contributed by atoms with Crippen LogP contribution in [0.15, 0.2) is 133 Å². The summed E-state index contributed by atoms with van der Waals surface area (Å²) in [4.78, 5) is 57.2. The summed E-state index contributed by atoms with van der Waals surface area (Å²) in [5.41, 5.74) is 6.15. The predicted molar refractivity (Wildman–Crippen MR) is 249 cm³/mol. The Hall–Kier alpha value is -6.80. The van der Waals surface area contributed by atoms with Gasteiger partial charge < -0.3 is 45.7 Å². The van der Waals surface area contributed by atoms with E-state index < -0.39 is 12.2 Å². The van der Waals surface area contributed by atoms with Crippen molar-refractivity contribution in [2.45, 2.75) is 44.8 Å². The number of aromatic nitrogens is 1. The quantitative estimate of drug-likeness (QED) is 0.0399. The van der Waals surface area contributed by atoms with E-state index in [1.54, 1.807) is 36.2 Å². The zero-order valence-electron chi connectivity index (χ0n) is 35.8. The number of pyridine rings is 1. The normalized spacial score (nSPS) is 13.9. The number of aryl methyl sites for hydroxylation is 1. The van der Waals surface area contributed by atoms with Gasteiger partial charge in [0.15, 0.2) is 0 Å². The second-order valence-corrected chi connectivity index (χ2v) is 15.6. The minimum atomic E-state index is -0.851. The third-order valence-electron chi connectivity index (χ3n) is 11.1. The van der Waals surface area contributed by atoms with E-state index >= 15 is 0 Å². The van der Waals surface area contributed by atoms with E-state index in [-0.39, 0.29) is 35.8 Å². The van der Waals surface area contributed by atoms with Crippen LogP contribution in [-0.4, -0.2) is 90.4 Å². The van der Waals surface area contributed by atoms with Gasteiger partial charge in [-0.05, 0) is 97.0 Å². The van der Waals surface area contributed by atoms with E-state index in [2.05, 4.69) is 32.4 Å². The summed E-state index contributed by atoms with van der Waals surface area (Å²) in [5, 5.41) is 30.5. The second kappa shape index (κ2) is 22.3. The molecule has 5 aromatic rings. The maximum absolute atomic E-state index is 13.3. The number of likely N-dealkylation sites (tertiary alicyclic amines) is 1. The van der Waals surface area contributed by atoms with Gasteiger partial charge in [-0.1, -0.05) is 85.5 Å². The van der Waals surface area contributed by atoms with Gasteiger partial charge in [0.05, 0.1) is 11.6 Å². The number of aliphatic hydroxyl groups excluding tert-OH is 1. The lowest BCUT2D eigenvalue weighted by Gasteiger charge is -2.31. The van der Waals surface area contributed by atoms with E-state index in [1.165, 1.54) is 12.1 Å². The highest BCUT2D eigenvalue weighted by Crippen LogP contribution is 2.29. The number of benzene rings is 4. The fourth-order valence-electron chi connectivity index (χ4n) is 7.41. The number of rotatable bonds is 18. The Labute approximate surface area is 367 Å². The molecular formula is C50H56N6O7. The van der Waals surface area contributed by atoms with Gasteiger partial charge in [0.25, 0.3) is 5.91 Å². The maximum atomic E-state index is 13.3. The van der Waals surface area contributed by atoms with Crippen LogP contribution < -0.4 is 26.4 Å². The Morgan fingerprint density at radius 2 is 1.73 bits per heavy atom. The molecule has 0 bridgehead atoms. The third-order valence-corrected chi connectivity index (χ3v) is 11.1. The smallest absolute Gasteiger partial charge is 0.407 e. The summed E-state index contributed by atoms with van der Waals surface area (Å²) in [6.45, 7) is 9.20. The molecule has 1 aliphatic heterocycles. The largest absolute Gasteiger partial charge is 0.506 e. The Morgan fingerprint density at radius 3 is 2.49 bits per heavy atom. The number of alkyl carbamates (subject to hydrolysis) is 1. The number of phenolic OH excluding ortho intramolecular Hbond substituents is 1. The van der Waals surface area contributed by atoms with Crippen LogP contribution in [0.3, 0.4) is 0 Å². The number of allylic oxidation sites excluding steroid dienone is 4. The number of aromatic hydroxyl groups is 1. The summed E-state index contributed by atoms with van der Waals surface area (Å²) in [6, 6.07) is 28.8. The minimum Gasteiger partial charge on any atom is -0.506 e. The molecule has 1 aromatic heterocycles. The zero-order valence-corrected chi connectivity index (χ0v) is 35.8. The number of aromatic amines is 1. The molecule has 4 aromatic carbocycles. The second-order valence-electron chi connectivity index (χ2n) is 15.6. The van der Waals surface area contributed by atoms with Crippen LogP contribution in [0.4, 0.5) is 16.2 Å². The van der Waals surface area contributed by atoms with Gasteiger partial charge in [-0.3, -0.25) is 14.4 Å². The van der Waals surface area contributed by atoms with Crippen LogP contribution in [0.2, 0.25) is 0 Å². The van der Waals surface area contributed by atoms with E-state index in [0.717, 1.165) is 22.3 Å². The van der Waals surface area contributed by atoms with Crippen molar-refractivity contribution in [3.63, 3.8) is 0 Å². The van der Waals surface area contributed by atoms with Crippen LogP contribution in [-0.2, 0) is 16.0 Å². The van der Waals surface area contributed by atoms with Gasteiger partial charge >= 0.3 is 6.09 Å². The molecule has 63 heavy (non-hydrogen) atoms. The molecule has 328 valence electrons. The number of piperidine rings is 1. The first kappa shape index (κ1) is 45.7. The number of aliphatic hydroxyl groups is 1. The fourth-order valence-corrected chi connectivity index (χ4v) is 7.41. The number of hydrogen-bond donors (Lipinski definition) is 6. The summed E-state index contributed by atoms with van der Waals surface area (Å²) >= 11 is 0. The molecule has 1 aliphatic rings. The summed E-state index contributed by atoms with van der Waals surface area (Å²) in [5.74, 6) is -0.412. The van der Waals surface area contributed by atoms with E-state index in [1.807, 2.05) is 91.9 Å². The highest BCUT2D eigenvalue weighted by atomic mass is 16.6. The molecule has 0 aliphatic carbocycles. The van der Waals surface area contributed by atoms with E-state index in [0.29, 0.717) is 91.8 Å². The lowest BCUT2D eigenvalue weighted by Crippen LogP contribution is -2.41. The molecule has 0 radical (unpaired) electrons. The molecule has 0 unspecified atom stereocenters. The minimum absolute atomic E-state index is 0.0566. The van der Waals surface area contributed by atoms with Crippen LogP contribution in [0.25, 0.3) is 16.5 Å². The van der Waals surface area contributed by atoms with Gasteiger partial charge in [-0.15, -0.1) is 0 Å². The molecule has 6 N–H and O–H groups in total. The zero-order chi connectivity index (χ0) is 44.7. The predicted octanol–water partition coefficient (Wildman–Crippen LogP) is 7.03. The number of fused-ring (bicyclic) bond motifs is 1. The molecule has 3 amide bonds. The molecule has 13 heteroatoms. The number of ether oxygens (including phenoxy) is 1. The topological polar surface area (TPSA) is 176 Å². The summed E-state index contributed by atoms with van der Waals surface area (Å²) in [7, 11) is 1.73. The van der Waals surface area contributed by atoms with Crippen LogP contribution >= 0.6 is 0 Å². The van der Waals surface area contributed by atoms with E-state index in [4.69, 9.17) is 4.74 Å². The number of carbonyl (C=O) groups excluding carboxylic acids is 3. The Balaban J connectivity index is 0.880. The van der Waals surface area contributed by atoms with Crippen molar-refractivity contribution >= 4 is 45.8 Å². The van der Waals surface area contributed by atoms with Crippen LogP contribution in [0, 0.1) is 6.92 Å². The maximum Gasteiger partial charge on any atom is 0.407 e. The third kappa shape index (κ3) is 13.1. The first-order valence-electron chi connectivity index (χ1n) is 21.2. The van der Waals surface area contributed by atoms with Crippen molar-refractivity contribution in [2.75, 3.05) is 56.5 Å². The Kier molecular flexibility index (Phi) is 16.2. The number of phenols is 1. The molecule has 2 heterocycles. The molecule has 1 fully saturated rings. The number of carbonyl (C=O) groups is 3. The number of amides is 3. The molecule has 1 saturated heterocycles. The lowest BCUT2D eigenvalue weighted by atomic mass is 10.0. The monoisotopic (exact) mass is 852 g/mol.